The number of halogens is 1. The molecule has 0 aliphatic carbocycles. The first-order valence-corrected chi connectivity index (χ1v) is 7.56. The molecule has 0 radical (unpaired) electrons. The van der Waals surface area contributed by atoms with E-state index in [4.69, 9.17) is 9.69 Å². The van der Waals surface area contributed by atoms with Gasteiger partial charge in [-0.05, 0) is 14.1 Å². The van der Waals surface area contributed by atoms with Crippen LogP contribution in [0.3, 0.4) is 0 Å². The van der Waals surface area contributed by atoms with Crippen molar-refractivity contribution in [3.05, 3.63) is 35.9 Å². The van der Waals surface area contributed by atoms with E-state index >= 15 is 0 Å². The van der Waals surface area contributed by atoms with E-state index in [1.54, 1.807) is 0 Å². The first-order valence-electron chi connectivity index (χ1n) is 3.66. The minimum atomic E-state index is 0.847. The number of hydrogen-bond acceptors (Lipinski definition) is 1. The van der Waals surface area contributed by atoms with Gasteiger partial charge in [-0.3, -0.25) is 0 Å². The van der Waals surface area contributed by atoms with Crippen LogP contribution in [0.5, 0.6) is 0 Å². The Morgan fingerprint density at radius 1 is 1.42 bits per heavy atom. The van der Waals surface area contributed by atoms with Crippen molar-refractivity contribution in [1.29, 1.82) is 0 Å². The van der Waals surface area contributed by atoms with Gasteiger partial charge < -0.3 is 4.90 Å². The first kappa shape index (κ1) is 12.1. The Morgan fingerprint density at radius 3 is 2.50 bits per heavy atom. The Hall–Kier alpha value is 0.0934. The predicted octanol–water partition coefficient (Wildman–Crippen LogP) is 2.24. The second kappa shape index (κ2) is 7.73. The molecule has 1 nitrogen and oxygen atoms in total. The van der Waals surface area contributed by atoms with E-state index in [0.717, 1.165) is 23.9 Å². The molecule has 0 unspecified atom stereocenters. The summed E-state index contributed by atoms with van der Waals surface area (Å²) >= 11 is 0.847. The Bertz CT molecular complexity index is 189. The van der Waals surface area contributed by atoms with Crippen molar-refractivity contribution in [3.8, 4) is 0 Å². The van der Waals surface area contributed by atoms with Gasteiger partial charge in [-0.15, -0.1) is 5.56 Å². The van der Waals surface area contributed by atoms with Crippen molar-refractivity contribution in [2.45, 2.75) is 6.54 Å². The Labute approximate surface area is 88.4 Å². The van der Waals surface area contributed by atoms with E-state index in [9.17, 15) is 0 Å². The van der Waals surface area contributed by atoms with Crippen LogP contribution in [0, 0.1) is 6.07 Å². The van der Waals surface area contributed by atoms with Crippen LogP contribution in [0.15, 0.2) is 24.3 Å². The van der Waals surface area contributed by atoms with Crippen LogP contribution in [0.2, 0.25) is 0 Å². The van der Waals surface area contributed by atoms with Crippen LogP contribution in [-0.4, -0.2) is 19.0 Å². The van der Waals surface area contributed by atoms with Gasteiger partial charge in [-0.1, -0.05) is 0 Å². The van der Waals surface area contributed by atoms with Gasteiger partial charge in [0.1, 0.15) is 0 Å². The molecule has 62 valence electrons. The molecular weight excluding hydrogens is 223 g/mol. The fourth-order valence-corrected chi connectivity index (χ4v) is 0.870. The zero-order valence-electron chi connectivity index (χ0n) is 7.55. The van der Waals surface area contributed by atoms with Gasteiger partial charge in [0.2, 0.25) is 0 Å². The van der Waals surface area contributed by atoms with Gasteiger partial charge in [-0.2, -0.15) is 30.3 Å². The van der Waals surface area contributed by atoms with Gasteiger partial charge in [0.25, 0.3) is 0 Å². The molecular formula is C9H12ClNZn. The third-order valence-electron chi connectivity index (χ3n) is 1.26. The summed E-state index contributed by atoms with van der Waals surface area (Å²) in [5.41, 5.74) is 1.24. The van der Waals surface area contributed by atoms with Gasteiger partial charge in [-0.25, -0.2) is 0 Å². The summed E-state index contributed by atoms with van der Waals surface area (Å²) in [6, 6.07) is 11.2. The quantitative estimate of drug-likeness (QED) is 0.561. The molecule has 0 spiro atoms. The standard InChI is InChI=1S/C9H12N.ClH.Zn/c1-10(2)8-9-6-4-3-5-7-9;;/h3-6H,8H2,1-2H3;1H;/q-1;;+2/p-1. The van der Waals surface area contributed by atoms with E-state index in [1.807, 2.05) is 18.2 Å². The molecule has 0 bridgehead atoms. The second-order valence-electron chi connectivity index (χ2n) is 2.63. The summed E-state index contributed by atoms with van der Waals surface area (Å²) in [5.74, 6) is 0. The molecule has 0 aliphatic rings. The number of hydrogen-bond donors (Lipinski definition) is 0. The molecule has 0 saturated carbocycles. The topological polar surface area (TPSA) is 3.24 Å². The molecule has 0 amide bonds. The number of rotatable bonds is 2. The molecule has 1 rings (SSSR count). The summed E-state index contributed by atoms with van der Waals surface area (Å²) in [4.78, 5) is 2.13. The zero-order chi connectivity index (χ0) is 9.40. The summed E-state index contributed by atoms with van der Waals surface area (Å²) < 4.78 is 0. The number of nitrogens with zero attached hydrogens (tertiary/aromatic N) is 1. The molecule has 0 aliphatic heterocycles. The molecule has 0 saturated heterocycles. The maximum atomic E-state index is 4.76. The maximum absolute atomic E-state index is 4.76. The molecule has 12 heavy (non-hydrogen) atoms. The fraction of sp³-hybridized carbons (Fsp3) is 0.333. The molecule has 0 heterocycles. The van der Waals surface area contributed by atoms with Crippen molar-refractivity contribution in [3.63, 3.8) is 0 Å². The van der Waals surface area contributed by atoms with E-state index < -0.39 is 0 Å². The van der Waals surface area contributed by atoms with E-state index in [1.165, 1.54) is 5.56 Å². The van der Waals surface area contributed by atoms with Crippen LogP contribution >= 0.6 is 9.69 Å². The minimum absolute atomic E-state index is 0.847. The van der Waals surface area contributed by atoms with E-state index in [2.05, 4.69) is 31.1 Å². The van der Waals surface area contributed by atoms with Crippen molar-refractivity contribution >= 4 is 9.69 Å². The van der Waals surface area contributed by atoms with Crippen LogP contribution in [0.25, 0.3) is 0 Å². The summed E-state index contributed by atoms with van der Waals surface area (Å²) in [7, 11) is 8.88. The van der Waals surface area contributed by atoms with Gasteiger partial charge in [0, 0.05) is 6.54 Å². The number of benzene rings is 1. The van der Waals surface area contributed by atoms with Gasteiger partial charge in [0.05, 0.1) is 0 Å². The Balaban J connectivity index is 0.000000561. The third-order valence-corrected chi connectivity index (χ3v) is 1.26. The molecule has 0 atom stereocenters. The summed E-state index contributed by atoms with van der Waals surface area (Å²) in [6.45, 7) is 0.973. The van der Waals surface area contributed by atoms with Crippen LogP contribution < -0.4 is 0 Å². The average Bonchev–Trinajstić information content (AvgIpc) is 2.08. The van der Waals surface area contributed by atoms with Crippen molar-refractivity contribution in [2.75, 3.05) is 14.1 Å². The summed E-state index contributed by atoms with van der Waals surface area (Å²) in [6.07, 6.45) is 0. The zero-order valence-corrected chi connectivity index (χ0v) is 11.3. The Kier molecular flexibility index (Phi) is 7.79. The predicted molar refractivity (Wildman–Crippen MR) is 48.5 cm³/mol. The van der Waals surface area contributed by atoms with E-state index in [-0.39, 0.29) is 0 Å². The molecule has 0 fully saturated rings. The van der Waals surface area contributed by atoms with Crippen LogP contribution in [0.1, 0.15) is 5.56 Å². The molecule has 3 heteroatoms. The second-order valence-corrected chi connectivity index (χ2v) is 2.63. The average molecular weight is 235 g/mol. The Morgan fingerprint density at radius 2 is 2.08 bits per heavy atom. The van der Waals surface area contributed by atoms with Crippen LogP contribution in [0.4, 0.5) is 0 Å². The van der Waals surface area contributed by atoms with Gasteiger partial charge >= 0.3 is 27.0 Å². The SMILES string of the molecule is CN(C)Cc1[c-]cccc1.[Cl][Zn+]. The van der Waals surface area contributed by atoms with Crippen molar-refractivity contribution in [2.24, 2.45) is 0 Å². The van der Waals surface area contributed by atoms with Crippen molar-refractivity contribution in [1.82, 2.24) is 4.90 Å². The van der Waals surface area contributed by atoms with Crippen molar-refractivity contribution < 1.29 is 17.3 Å². The first-order chi connectivity index (χ1) is 5.79. The molecule has 1 aromatic carbocycles. The monoisotopic (exact) mass is 233 g/mol. The third kappa shape index (κ3) is 5.71. The van der Waals surface area contributed by atoms with Gasteiger partial charge in [0.15, 0.2) is 0 Å². The summed E-state index contributed by atoms with van der Waals surface area (Å²) in [5, 5.41) is 0. The molecule has 0 N–H and O–H groups in total. The molecule has 1 aromatic rings. The molecule has 0 aromatic heterocycles. The van der Waals surface area contributed by atoms with E-state index in [0.29, 0.717) is 0 Å². The fourth-order valence-electron chi connectivity index (χ4n) is 0.870. The van der Waals surface area contributed by atoms with Crippen LogP contribution in [-0.2, 0) is 23.9 Å². The normalized spacial score (nSPS) is 9.17.